The van der Waals surface area contributed by atoms with E-state index in [1.165, 1.54) is 25.7 Å². The van der Waals surface area contributed by atoms with Crippen LogP contribution < -0.4 is 5.32 Å². The second kappa shape index (κ2) is 8.26. The Morgan fingerprint density at radius 1 is 1.05 bits per heavy atom. The molecule has 114 valence electrons. The highest BCUT2D eigenvalue weighted by atomic mass is 15.2. The second-order valence-electron chi connectivity index (χ2n) is 7.26. The van der Waals surface area contributed by atoms with Crippen molar-refractivity contribution >= 4 is 0 Å². The van der Waals surface area contributed by atoms with Gasteiger partial charge >= 0.3 is 0 Å². The van der Waals surface area contributed by atoms with Crippen molar-refractivity contribution in [1.82, 2.24) is 10.2 Å². The lowest BCUT2D eigenvalue weighted by Crippen LogP contribution is -2.48. The molecule has 1 aliphatic carbocycles. The molecule has 0 aromatic rings. The Kier molecular flexibility index (Phi) is 7.38. The summed E-state index contributed by atoms with van der Waals surface area (Å²) in [7, 11) is 2.34. The number of hydrogen-bond donors (Lipinski definition) is 1. The van der Waals surface area contributed by atoms with Gasteiger partial charge in [0.15, 0.2) is 0 Å². The van der Waals surface area contributed by atoms with Crippen LogP contribution in [0.25, 0.3) is 0 Å². The average molecular weight is 268 g/mol. The quantitative estimate of drug-likeness (QED) is 0.756. The molecule has 1 rings (SSSR count). The summed E-state index contributed by atoms with van der Waals surface area (Å²) in [5.74, 6) is 2.34. The summed E-state index contributed by atoms with van der Waals surface area (Å²) < 4.78 is 0. The third-order valence-electron chi connectivity index (χ3n) is 5.07. The van der Waals surface area contributed by atoms with E-state index >= 15 is 0 Å². The minimum Gasteiger partial charge on any atom is -0.316 e. The van der Waals surface area contributed by atoms with Gasteiger partial charge in [0, 0.05) is 12.1 Å². The monoisotopic (exact) mass is 268 g/mol. The van der Waals surface area contributed by atoms with Crippen LogP contribution in [0.3, 0.4) is 0 Å². The topological polar surface area (TPSA) is 15.3 Å². The summed E-state index contributed by atoms with van der Waals surface area (Å²) in [6, 6.07) is 1.47. The fourth-order valence-corrected chi connectivity index (χ4v) is 3.38. The van der Waals surface area contributed by atoms with Gasteiger partial charge in [0.05, 0.1) is 0 Å². The van der Waals surface area contributed by atoms with E-state index in [0.29, 0.717) is 6.04 Å². The number of nitrogens with zero attached hydrogens (tertiary/aromatic N) is 1. The van der Waals surface area contributed by atoms with E-state index in [0.717, 1.165) is 36.9 Å². The smallest absolute Gasteiger partial charge is 0.0121 e. The summed E-state index contributed by atoms with van der Waals surface area (Å²) in [5, 5.41) is 3.61. The van der Waals surface area contributed by atoms with Crippen molar-refractivity contribution < 1.29 is 0 Å². The number of nitrogens with one attached hydrogen (secondary N) is 1. The van der Waals surface area contributed by atoms with Gasteiger partial charge in [0.1, 0.15) is 0 Å². The molecule has 0 spiro atoms. The first kappa shape index (κ1) is 17.0. The lowest BCUT2D eigenvalue weighted by molar-refractivity contribution is 0.0788. The van der Waals surface area contributed by atoms with Crippen molar-refractivity contribution in [3.05, 3.63) is 0 Å². The van der Waals surface area contributed by atoms with Crippen molar-refractivity contribution in [2.45, 2.75) is 72.4 Å². The Balaban J connectivity index is 2.39. The van der Waals surface area contributed by atoms with Crippen LogP contribution in [0.5, 0.6) is 0 Å². The Labute approximate surface area is 121 Å². The zero-order valence-corrected chi connectivity index (χ0v) is 14.1. The lowest BCUT2D eigenvalue weighted by Gasteiger charge is -2.41. The van der Waals surface area contributed by atoms with Crippen LogP contribution in [0.15, 0.2) is 0 Å². The van der Waals surface area contributed by atoms with Crippen LogP contribution in [0, 0.1) is 17.8 Å². The van der Waals surface area contributed by atoms with Gasteiger partial charge in [-0.2, -0.15) is 0 Å². The Morgan fingerprint density at radius 2 is 1.68 bits per heavy atom. The molecule has 0 saturated heterocycles. The van der Waals surface area contributed by atoms with Crippen LogP contribution in [0.4, 0.5) is 0 Å². The molecular weight excluding hydrogens is 232 g/mol. The van der Waals surface area contributed by atoms with E-state index in [1.807, 2.05) is 0 Å². The Hall–Kier alpha value is -0.0800. The van der Waals surface area contributed by atoms with Gasteiger partial charge in [-0.15, -0.1) is 0 Å². The first-order valence-electron chi connectivity index (χ1n) is 8.36. The summed E-state index contributed by atoms with van der Waals surface area (Å²) >= 11 is 0. The Morgan fingerprint density at radius 3 is 2.26 bits per heavy atom. The first-order valence-corrected chi connectivity index (χ1v) is 8.36. The van der Waals surface area contributed by atoms with E-state index in [4.69, 9.17) is 0 Å². The SMILES string of the molecule is CC(C)CNCC(C)C(C)N(C)C1CCCCC1C. The fourth-order valence-electron chi connectivity index (χ4n) is 3.38. The van der Waals surface area contributed by atoms with E-state index < -0.39 is 0 Å². The highest BCUT2D eigenvalue weighted by Crippen LogP contribution is 2.29. The van der Waals surface area contributed by atoms with Crippen molar-refractivity contribution in [2.75, 3.05) is 20.1 Å². The predicted octanol–water partition coefficient (Wildman–Crippen LogP) is 3.77. The van der Waals surface area contributed by atoms with Gasteiger partial charge in [0.2, 0.25) is 0 Å². The number of rotatable bonds is 7. The molecule has 1 fully saturated rings. The van der Waals surface area contributed by atoms with E-state index in [2.05, 4.69) is 51.9 Å². The standard InChI is InChI=1S/C17H36N2/c1-13(2)11-18-12-15(4)16(5)19(6)17-10-8-7-9-14(17)3/h13-18H,7-12H2,1-6H3. The van der Waals surface area contributed by atoms with Gasteiger partial charge in [-0.1, -0.05) is 40.5 Å². The summed E-state index contributed by atoms with van der Waals surface area (Å²) in [4.78, 5) is 2.66. The molecule has 4 atom stereocenters. The molecule has 0 heterocycles. The van der Waals surface area contributed by atoms with Gasteiger partial charge < -0.3 is 10.2 Å². The highest BCUT2D eigenvalue weighted by Gasteiger charge is 2.29. The first-order chi connectivity index (χ1) is 8.93. The average Bonchev–Trinajstić information content (AvgIpc) is 2.37. The summed E-state index contributed by atoms with van der Waals surface area (Å²) in [6.45, 7) is 14.1. The summed E-state index contributed by atoms with van der Waals surface area (Å²) in [5.41, 5.74) is 0. The fraction of sp³-hybridized carbons (Fsp3) is 1.00. The molecule has 0 aromatic carbocycles. The summed E-state index contributed by atoms with van der Waals surface area (Å²) in [6.07, 6.45) is 5.67. The molecular formula is C17H36N2. The molecule has 4 unspecified atom stereocenters. The van der Waals surface area contributed by atoms with E-state index in [-0.39, 0.29) is 0 Å². The van der Waals surface area contributed by atoms with E-state index in [9.17, 15) is 0 Å². The molecule has 0 aliphatic heterocycles. The molecule has 1 saturated carbocycles. The molecule has 1 N–H and O–H groups in total. The molecule has 2 nitrogen and oxygen atoms in total. The lowest BCUT2D eigenvalue weighted by atomic mass is 9.83. The van der Waals surface area contributed by atoms with Crippen molar-refractivity contribution in [1.29, 1.82) is 0 Å². The molecule has 19 heavy (non-hydrogen) atoms. The maximum absolute atomic E-state index is 3.61. The molecule has 0 radical (unpaired) electrons. The second-order valence-corrected chi connectivity index (χ2v) is 7.26. The van der Waals surface area contributed by atoms with Crippen LogP contribution in [0.2, 0.25) is 0 Å². The van der Waals surface area contributed by atoms with Crippen molar-refractivity contribution in [3.63, 3.8) is 0 Å². The highest BCUT2D eigenvalue weighted by molar-refractivity contribution is 4.84. The molecule has 2 heteroatoms. The van der Waals surface area contributed by atoms with Crippen molar-refractivity contribution in [2.24, 2.45) is 17.8 Å². The minimum atomic E-state index is 0.671. The maximum atomic E-state index is 3.61. The van der Waals surface area contributed by atoms with Crippen LogP contribution in [-0.4, -0.2) is 37.1 Å². The van der Waals surface area contributed by atoms with Gasteiger partial charge in [-0.3, -0.25) is 0 Å². The van der Waals surface area contributed by atoms with Crippen LogP contribution in [-0.2, 0) is 0 Å². The van der Waals surface area contributed by atoms with E-state index in [1.54, 1.807) is 0 Å². The predicted molar refractivity (Wildman–Crippen MR) is 85.5 cm³/mol. The molecule has 0 bridgehead atoms. The minimum absolute atomic E-state index is 0.671. The number of hydrogen-bond acceptors (Lipinski definition) is 2. The largest absolute Gasteiger partial charge is 0.316 e. The maximum Gasteiger partial charge on any atom is 0.0121 e. The van der Waals surface area contributed by atoms with Gasteiger partial charge in [-0.05, 0) is 57.7 Å². The molecule has 0 aromatic heterocycles. The zero-order valence-electron chi connectivity index (χ0n) is 14.1. The van der Waals surface area contributed by atoms with Crippen molar-refractivity contribution in [3.8, 4) is 0 Å². The van der Waals surface area contributed by atoms with Crippen LogP contribution in [0.1, 0.15) is 60.3 Å². The molecule has 1 aliphatic rings. The van der Waals surface area contributed by atoms with Gasteiger partial charge in [-0.25, -0.2) is 0 Å². The van der Waals surface area contributed by atoms with Crippen LogP contribution >= 0.6 is 0 Å². The Bertz CT molecular complexity index is 239. The normalized spacial score (nSPS) is 27.8. The third-order valence-corrected chi connectivity index (χ3v) is 5.07. The molecule has 0 amide bonds. The zero-order chi connectivity index (χ0) is 14.4. The van der Waals surface area contributed by atoms with Gasteiger partial charge in [0.25, 0.3) is 0 Å². The third kappa shape index (κ3) is 5.43.